The highest BCUT2D eigenvalue weighted by atomic mass is 79.9. The first-order chi connectivity index (χ1) is 10.0. The van der Waals surface area contributed by atoms with E-state index in [1.54, 1.807) is 12.1 Å². The Balaban J connectivity index is 2.33. The van der Waals surface area contributed by atoms with Gasteiger partial charge in [0.25, 0.3) is 5.69 Å². The van der Waals surface area contributed by atoms with E-state index in [4.69, 9.17) is 21.1 Å². The minimum Gasteiger partial charge on any atom is -0.493 e. The number of ether oxygens (including phenoxy) is 2. The maximum Gasteiger partial charge on any atom is 0.273 e. The van der Waals surface area contributed by atoms with E-state index in [-0.39, 0.29) is 11.4 Å². The third kappa shape index (κ3) is 3.65. The summed E-state index contributed by atoms with van der Waals surface area (Å²) < 4.78 is 10.8. The molecule has 0 spiro atoms. The fraction of sp³-hybridized carbons (Fsp3) is 0.143. The zero-order chi connectivity index (χ0) is 15.4. The molecule has 21 heavy (non-hydrogen) atoms. The van der Waals surface area contributed by atoms with Crippen molar-refractivity contribution in [1.82, 2.24) is 0 Å². The average molecular weight is 373 g/mol. The van der Waals surface area contributed by atoms with E-state index >= 15 is 0 Å². The highest BCUT2D eigenvalue weighted by Crippen LogP contribution is 2.37. The van der Waals surface area contributed by atoms with Crippen LogP contribution in [-0.2, 0) is 5.33 Å². The van der Waals surface area contributed by atoms with Crippen molar-refractivity contribution in [2.24, 2.45) is 0 Å². The number of nitrogens with zero attached hydrogens (tertiary/aromatic N) is 1. The fourth-order valence-electron chi connectivity index (χ4n) is 1.68. The molecule has 0 bridgehead atoms. The van der Waals surface area contributed by atoms with Gasteiger partial charge in [0.1, 0.15) is 5.75 Å². The Bertz CT molecular complexity index is 678. The lowest BCUT2D eigenvalue weighted by molar-refractivity contribution is -0.384. The normalized spacial score (nSPS) is 10.2. The quantitative estimate of drug-likeness (QED) is 0.423. The summed E-state index contributed by atoms with van der Waals surface area (Å²) in [6.45, 7) is 0. The van der Waals surface area contributed by atoms with Crippen LogP contribution in [0.4, 0.5) is 5.69 Å². The van der Waals surface area contributed by atoms with Gasteiger partial charge in [0, 0.05) is 11.4 Å². The van der Waals surface area contributed by atoms with Crippen LogP contribution in [0.1, 0.15) is 5.56 Å². The first kappa shape index (κ1) is 15.6. The van der Waals surface area contributed by atoms with Crippen molar-refractivity contribution in [3.05, 3.63) is 57.1 Å². The summed E-state index contributed by atoms with van der Waals surface area (Å²) in [7, 11) is 1.42. The molecule has 0 N–H and O–H groups in total. The van der Waals surface area contributed by atoms with Gasteiger partial charge in [-0.3, -0.25) is 10.1 Å². The molecule has 0 atom stereocenters. The molecular formula is C14H11BrClNO4. The second-order valence-corrected chi connectivity index (χ2v) is 5.06. The Morgan fingerprint density at radius 1 is 1.19 bits per heavy atom. The highest BCUT2D eigenvalue weighted by molar-refractivity contribution is 9.08. The molecule has 0 saturated carbocycles. The van der Waals surface area contributed by atoms with E-state index < -0.39 is 4.92 Å². The van der Waals surface area contributed by atoms with Gasteiger partial charge in [-0.05, 0) is 23.8 Å². The zero-order valence-electron chi connectivity index (χ0n) is 11.0. The summed E-state index contributed by atoms with van der Waals surface area (Å²) in [6.07, 6.45) is 0. The molecular weight excluding hydrogens is 362 g/mol. The van der Waals surface area contributed by atoms with Crippen molar-refractivity contribution in [1.29, 1.82) is 0 Å². The summed E-state index contributed by atoms with van der Waals surface area (Å²) in [5, 5.41) is 11.9. The van der Waals surface area contributed by atoms with Gasteiger partial charge in [0.15, 0.2) is 11.5 Å². The van der Waals surface area contributed by atoms with Crippen LogP contribution < -0.4 is 9.47 Å². The van der Waals surface area contributed by atoms with Crippen molar-refractivity contribution in [3.63, 3.8) is 0 Å². The molecule has 7 heteroatoms. The Morgan fingerprint density at radius 2 is 1.90 bits per heavy atom. The van der Waals surface area contributed by atoms with Crippen LogP contribution in [0.5, 0.6) is 17.2 Å². The van der Waals surface area contributed by atoms with Gasteiger partial charge in [-0.15, -0.1) is 0 Å². The molecule has 0 aromatic heterocycles. The molecule has 0 aliphatic heterocycles. The smallest absolute Gasteiger partial charge is 0.273 e. The molecule has 2 rings (SSSR count). The predicted octanol–water partition coefficient (Wildman–Crippen LogP) is 4.94. The van der Waals surface area contributed by atoms with E-state index in [0.717, 1.165) is 5.56 Å². The molecule has 0 aliphatic rings. The Labute approximate surface area is 134 Å². The van der Waals surface area contributed by atoms with Crippen LogP contribution in [0, 0.1) is 10.1 Å². The first-order valence-electron chi connectivity index (χ1n) is 5.90. The van der Waals surface area contributed by atoms with Crippen LogP contribution in [-0.4, -0.2) is 12.0 Å². The van der Waals surface area contributed by atoms with Gasteiger partial charge in [0.05, 0.1) is 23.1 Å². The number of nitro groups is 1. The molecule has 0 heterocycles. The molecule has 2 aromatic carbocycles. The second kappa shape index (κ2) is 6.78. The van der Waals surface area contributed by atoms with Crippen molar-refractivity contribution >= 4 is 33.2 Å². The molecule has 0 radical (unpaired) electrons. The topological polar surface area (TPSA) is 61.6 Å². The number of rotatable bonds is 5. The van der Waals surface area contributed by atoms with Gasteiger partial charge >= 0.3 is 0 Å². The van der Waals surface area contributed by atoms with Crippen molar-refractivity contribution < 1.29 is 14.4 Å². The molecule has 0 amide bonds. The van der Waals surface area contributed by atoms with Gasteiger partial charge < -0.3 is 9.47 Å². The maximum atomic E-state index is 10.7. The van der Waals surface area contributed by atoms with Gasteiger partial charge in [0.2, 0.25) is 0 Å². The summed E-state index contributed by atoms with van der Waals surface area (Å²) in [5.41, 5.74) is 0.947. The van der Waals surface area contributed by atoms with E-state index in [2.05, 4.69) is 15.9 Å². The number of benzene rings is 2. The maximum absolute atomic E-state index is 10.7. The predicted molar refractivity (Wildman–Crippen MR) is 83.8 cm³/mol. The van der Waals surface area contributed by atoms with Crippen LogP contribution in [0.2, 0.25) is 5.02 Å². The zero-order valence-corrected chi connectivity index (χ0v) is 13.3. The molecule has 2 aromatic rings. The minimum atomic E-state index is -0.496. The SMILES string of the molecule is COc1cc([N+](=O)[O-])ccc1Oc1ccc(CBr)cc1Cl. The standard InChI is InChI=1S/C14H11BrClNO4/c1-20-14-7-10(17(18)19)3-5-13(14)21-12-4-2-9(8-15)6-11(12)16/h2-7H,8H2,1H3. The van der Waals surface area contributed by atoms with Crippen LogP contribution >= 0.6 is 27.5 Å². The van der Waals surface area contributed by atoms with E-state index in [9.17, 15) is 10.1 Å². The third-order valence-electron chi connectivity index (χ3n) is 2.73. The van der Waals surface area contributed by atoms with Crippen molar-refractivity contribution in [2.75, 3.05) is 7.11 Å². The number of nitro benzene ring substituents is 1. The molecule has 5 nitrogen and oxygen atoms in total. The summed E-state index contributed by atoms with van der Waals surface area (Å²) in [5.74, 6) is 1.08. The van der Waals surface area contributed by atoms with Crippen LogP contribution in [0.25, 0.3) is 0 Å². The Morgan fingerprint density at radius 3 is 2.48 bits per heavy atom. The average Bonchev–Trinajstić information content (AvgIpc) is 2.49. The Kier molecular flexibility index (Phi) is 5.03. The lowest BCUT2D eigenvalue weighted by Gasteiger charge is -2.11. The number of alkyl halides is 1. The molecule has 0 fully saturated rings. The summed E-state index contributed by atoms with van der Waals surface area (Å²) in [4.78, 5) is 10.3. The van der Waals surface area contributed by atoms with Gasteiger partial charge in [-0.25, -0.2) is 0 Å². The van der Waals surface area contributed by atoms with E-state index in [0.29, 0.717) is 21.9 Å². The van der Waals surface area contributed by atoms with Crippen molar-refractivity contribution in [3.8, 4) is 17.2 Å². The lowest BCUT2D eigenvalue weighted by Crippen LogP contribution is -1.94. The van der Waals surface area contributed by atoms with E-state index in [1.165, 1.54) is 25.3 Å². The highest BCUT2D eigenvalue weighted by Gasteiger charge is 2.14. The molecule has 110 valence electrons. The summed E-state index contributed by atoms with van der Waals surface area (Å²) >= 11 is 9.48. The van der Waals surface area contributed by atoms with Gasteiger partial charge in [-0.2, -0.15) is 0 Å². The number of hydrogen-bond acceptors (Lipinski definition) is 4. The molecule has 0 aliphatic carbocycles. The minimum absolute atomic E-state index is 0.0695. The van der Waals surface area contributed by atoms with Gasteiger partial charge in [-0.1, -0.05) is 33.6 Å². The second-order valence-electron chi connectivity index (χ2n) is 4.09. The number of non-ortho nitro benzene ring substituents is 1. The number of methoxy groups -OCH3 is 1. The fourth-order valence-corrected chi connectivity index (χ4v) is 2.27. The summed E-state index contributed by atoms with van der Waals surface area (Å²) in [6, 6.07) is 9.51. The number of halogens is 2. The third-order valence-corrected chi connectivity index (χ3v) is 3.67. The molecule has 0 saturated heterocycles. The monoisotopic (exact) mass is 371 g/mol. The van der Waals surface area contributed by atoms with E-state index in [1.807, 2.05) is 6.07 Å². The largest absolute Gasteiger partial charge is 0.493 e. The number of hydrogen-bond donors (Lipinski definition) is 0. The first-order valence-corrected chi connectivity index (χ1v) is 7.39. The Hall–Kier alpha value is -1.79. The van der Waals surface area contributed by atoms with Crippen LogP contribution in [0.15, 0.2) is 36.4 Å². The van der Waals surface area contributed by atoms with Crippen molar-refractivity contribution in [2.45, 2.75) is 5.33 Å². The molecule has 0 unspecified atom stereocenters. The lowest BCUT2D eigenvalue weighted by atomic mass is 10.2. The van der Waals surface area contributed by atoms with Crippen LogP contribution in [0.3, 0.4) is 0 Å².